The molecule has 3 N–H and O–H groups in total. The maximum atomic E-state index is 12.3. The Morgan fingerprint density at radius 2 is 1.87 bits per heavy atom. The number of amides is 2. The summed E-state index contributed by atoms with van der Waals surface area (Å²) in [6.07, 6.45) is 3.94. The van der Waals surface area contributed by atoms with Crippen LogP contribution < -0.4 is 10.6 Å². The quantitative estimate of drug-likeness (QED) is 0.792. The Balaban J connectivity index is 1.48. The zero-order valence-electron chi connectivity index (χ0n) is 13.6. The van der Waals surface area contributed by atoms with Crippen LogP contribution in [0.2, 0.25) is 0 Å². The number of carbonyl (C=O) groups excluding carboxylic acids is 1. The Labute approximate surface area is 138 Å². The van der Waals surface area contributed by atoms with Crippen molar-refractivity contribution in [3.63, 3.8) is 0 Å². The number of nitrogens with one attached hydrogen (secondary N) is 2. The Hall–Kier alpha value is -1.59. The molecule has 0 radical (unpaired) electrons. The number of likely N-dealkylation sites (tertiary alicyclic amines) is 1. The molecule has 0 saturated carbocycles. The monoisotopic (exact) mass is 317 g/mol. The van der Waals surface area contributed by atoms with Gasteiger partial charge in [-0.05, 0) is 44.3 Å². The molecule has 3 rings (SSSR count). The van der Waals surface area contributed by atoms with Gasteiger partial charge in [-0.25, -0.2) is 4.79 Å². The zero-order chi connectivity index (χ0) is 16.1. The van der Waals surface area contributed by atoms with Crippen LogP contribution >= 0.6 is 0 Å². The van der Waals surface area contributed by atoms with Crippen LogP contribution in [0.4, 0.5) is 4.79 Å². The first-order chi connectivity index (χ1) is 11.1. The van der Waals surface area contributed by atoms with E-state index in [9.17, 15) is 9.90 Å². The van der Waals surface area contributed by atoms with Crippen LogP contribution in [0.25, 0.3) is 0 Å². The number of hydrogen-bond acceptors (Lipinski definition) is 3. The lowest BCUT2D eigenvalue weighted by Crippen LogP contribution is -2.53. The van der Waals surface area contributed by atoms with Gasteiger partial charge in [-0.15, -0.1) is 0 Å². The topological polar surface area (TPSA) is 64.6 Å². The summed E-state index contributed by atoms with van der Waals surface area (Å²) >= 11 is 0. The summed E-state index contributed by atoms with van der Waals surface area (Å²) in [4.78, 5) is 14.2. The van der Waals surface area contributed by atoms with E-state index in [1.54, 1.807) is 0 Å². The van der Waals surface area contributed by atoms with E-state index in [2.05, 4.69) is 10.6 Å². The van der Waals surface area contributed by atoms with Gasteiger partial charge in [0, 0.05) is 25.6 Å². The fraction of sp³-hybridized carbons (Fsp3) is 0.611. The molecule has 2 aliphatic rings. The molecule has 126 valence electrons. The SMILES string of the molecule is O=C(NC1CCNCC1)N1CCC(O)(Cc2ccccc2)CC1. The Bertz CT molecular complexity index is 506. The highest BCUT2D eigenvalue weighted by Crippen LogP contribution is 2.26. The van der Waals surface area contributed by atoms with E-state index in [-0.39, 0.29) is 12.1 Å². The lowest BCUT2D eigenvalue weighted by Gasteiger charge is -2.39. The van der Waals surface area contributed by atoms with E-state index >= 15 is 0 Å². The van der Waals surface area contributed by atoms with Crippen LogP contribution in [0.1, 0.15) is 31.2 Å². The second-order valence-corrected chi connectivity index (χ2v) is 6.85. The normalized spacial score (nSPS) is 21.9. The van der Waals surface area contributed by atoms with Crippen molar-refractivity contribution < 1.29 is 9.90 Å². The van der Waals surface area contributed by atoms with Crippen molar-refractivity contribution in [3.8, 4) is 0 Å². The lowest BCUT2D eigenvalue weighted by atomic mass is 9.85. The van der Waals surface area contributed by atoms with Gasteiger partial charge in [-0.3, -0.25) is 0 Å². The van der Waals surface area contributed by atoms with E-state index in [4.69, 9.17) is 0 Å². The van der Waals surface area contributed by atoms with Gasteiger partial charge in [-0.2, -0.15) is 0 Å². The summed E-state index contributed by atoms with van der Waals surface area (Å²) in [5.74, 6) is 0. The highest BCUT2D eigenvalue weighted by molar-refractivity contribution is 5.74. The minimum Gasteiger partial charge on any atom is -0.389 e. The molecule has 2 fully saturated rings. The van der Waals surface area contributed by atoms with Gasteiger partial charge in [0.25, 0.3) is 0 Å². The van der Waals surface area contributed by atoms with Crippen LogP contribution in [-0.4, -0.2) is 53.9 Å². The number of carbonyl (C=O) groups is 1. The number of rotatable bonds is 3. The van der Waals surface area contributed by atoms with Gasteiger partial charge in [0.05, 0.1) is 5.60 Å². The van der Waals surface area contributed by atoms with Gasteiger partial charge in [0.2, 0.25) is 0 Å². The third kappa shape index (κ3) is 4.45. The van der Waals surface area contributed by atoms with Gasteiger partial charge < -0.3 is 20.6 Å². The molecule has 0 spiro atoms. The number of hydrogen-bond donors (Lipinski definition) is 3. The van der Waals surface area contributed by atoms with Gasteiger partial charge in [0.1, 0.15) is 0 Å². The van der Waals surface area contributed by atoms with Crippen LogP contribution in [0.5, 0.6) is 0 Å². The zero-order valence-corrected chi connectivity index (χ0v) is 13.6. The van der Waals surface area contributed by atoms with Gasteiger partial charge >= 0.3 is 6.03 Å². The first-order valence-electron chi connectivity index (χ1n) is 8.67. The van der Waals surface area contributed by atoms with Crippen LogP contribution in [0.15, 0.2) is 30.3 Å². The largest absolute Gasteiger partial charge is 0.389 e. The van der Waals surface area contributed by atoms with Crippen molar-refractivity contribution in [3.05, 3.63) is 35.9 Å². The molecule has 2 saturated heterocycles. The van der Waals surface area contributed by atoms with Gasteiger partial charge in [0.15, 0.2) is 0 Å². The van der Waals surface area contributed by atoms with Crippen LogP contribution in [-0.2, 0) is 6.42 Å². The smallest absolute Gasteiger partial charge is 0.317 e. The molecular weight excluding hydrogens is 290 g/mol. The third-order valence-electron chi connectivity index (χ3n) is 5.02. The van der Waals surface area contributed by atoms with Crippen molar-refractivity contribution >= 4 is 6.03 Å². The van der Waals surface area contributed by atoms with Crippen molar-refractivity contribution in [1.29, 1.82) is 0 Å². The number of benzene rings is 1. The van der Waals surface area contributed by atoms with Crippen molar-refractivity contribution in [2.24, 2.45) is 0 Å². The maximum Gasteiger partial charge on any atom is 0.317 e. The molecule has 2 amide bonds. The van der Waals surface area contributed by atoms with E-state index < -0.39 is 5.60 Å². The molecule has 23 heavy (non-hydrogen) atoms. The number of urea groups is 1. The summed E-state index contributed by atoms with van der Waals surface area (Å²) in [6.45, 7) is 3.20. The van der Waals surface area contributed by atoms with Crippen LogP contribution in [0.3, 0.4) is 0 Å². The molecular formula is C18H27N3O2. The first kappa shape index (κ1) is 16.3. The minimum atomic E-state index is -0.688. The molecule has 5 heteroatoms. The molecule has 2 aliphatic heterocycles. The molecule has 0 bridgehead atoms. The predicted octanol–water partition coefficient (Wildman–Crippen LogP) is 1.52. The molecule has 0 atom stereocenters. The predicted molar refractivity (Wildman–Crippen MR) is 90.3 cm³/mol. The van der Waals surface area contributed by atoms with Crippen LogP contribution in [0, 0.1) is 0 Å². The van der Waals surface area contributed by atoms with Crippen molar-refractivity contribution in [1.82, 2.24) is 15.5 Å². The molecule has 1 aromatic carbocycles. The number of aliphatic hydroxyl groups is 1. The second kappa shape index (κ2) is 7.32. The molecule has 1 aromatic rings. The summed E-state index contributed by atoms with van der Waals surface area (Å²) in [7, 11) is 0. The van der Waals surface area contributed by atoms with E-state index in [1.165, 1.54) is 0 Å². The second-order valence-electron chi connectivity index (χ2n) is 6.85. The number of piperidine rings is 2. The van der Waals surface area contributed by atoms with Crippen molar-refractivity contribution in [2.45, 2.75) is 43.7 Å². The highest BCUT2D eigenvalue weighted by atomic mass is 16.3. The molecule has 5 nitrogen and oxygen atoms in total. The summed E-state index contributed by atoms with van der Waals surface area (Å²) < 4.78 is 0. The number of nitrogens with zero attached hydrogens (tertiary/aromatic N) is 1. The summed E-state index contributed by atoms with van der Waals surface area (Å²) in [5.41, 5.74) is 0.468. The van der Waals surface area contributed by atoms with Gasteiger partial charge in [-0.1, -0.05) is 30.3 Å². The molecule has 2 heterocycles. The first-order valence-corrected chi connectivity index (χ1v) is 8.67. The average Bonchev–Trinajstić information content (AvgIpc) is 2.57. The summed E-state index contributed by atoms with van der Waals surface area (Å²) in [6, 6.07) is 10.4. The average molecular weight is 317 g/mol. The fourth-order valence-electron chi connectivity index (χ4n) is 3.51. The standard InChI is InChI=1S/C18H27N3O2/c22-17(20-16-6-10-19-11-7-16)21-12-8-18(23,9-13-21)14-15-4-2-1-3-5-15/h1-5,16,19,23H,6-14H2,(H,20,22). The minimum absolute atomic E-state index is 0.0265. The van der Waals surface area contributed by atoms with E-state index in [0.29, 0.717) is 32.4 Å². The third-order valence-corrected chi connectivity index (χ3v) is 5.02. The molecule has 0 aromatic heterocycles. The van der Waals surface area contributed by atoms with Crippen molar-refractivity contribution in [2.75, 3.05) is 26.2 Å². The van der Waals surface area contributed by atoms with E-state index in [1.807, 2.05) is 35.2 Å². The lowest BCUT2D eigenvalue weighted by molar-refractivity contribution is -0.0118. The van der Waals surface area contributed by atoms with E-state index in [0.717, 1.165) is 31.5 Å². The summed E-state index contributed by atoms with van der Waals surface area (Å²) in [5, 5.41) is 17.2. The fourth-order valence-corrected chi connectivity index (χ4v) is 3.51. The Morgan fingerprint density at radius 3 is 2.52 bits per heavy atom. The Morgan fingerprint density at radius 1 is 1.22 bits per heavy atom. The molecule has 0 unspecified atom stereocenters. The maximum absolute atomic E-state index is 12.3. The highest BCUT2D eigenvalue weighted by Gasteiger charge is 2.34. The Kier molecular flexibility index (Phi) is 5.18. The molecule has 0 aliphatic carbocycles.